The maximum atomic E-state index is 5.57. The van der Waals surface area contributed by atoms with E-state index in [1.165, 1.54) is 16.3 Å². The third-order valence-corrected chi connectivity index (χ3v) is 9.79. The molecule has 1 N–H and O–H groups in total. The van der Waals surface area contributed by atoms with Gasteiger partial charge < -0.3 is 4.98 Å². The number of benzene rings is 6. The van der Waals surface area contributed by atoms with Crippen LogP contribution in [0.3, 0.4) is 0 Å². The lowest BCUT2D eigenvalue weighted by Gasteiger charge is -2.19. The molecule has 0 radical (unpaired) electrons. The minimum Gasteiger partial charge on any atom is -0.354 e. The van der Waals surface area contributed by atoms with Crippen molar-refractivity contribution in [2.24, 2.45) is 0 Å². The Balaban J connectivity index is 1.31. The van der Waals surface area contributed by atoms with Gasteiger partial charge >= 0.3 is 0 Å². The summed E-state index contributed by atoms with van der Waals surface area (Å²) in [5.41, 5.74) is 14.2. The summed E-state index contributed by atoms with van der Waals surface area (Å²) in [5.74, 6) is 0.892. The lowest BCUT2D eigenvalue weighted by atomic mass is 9.87. The summed E-state index contributed by atoms with van der Waals surface area (Å²) >= 11 is 0. The molecule has 0 aliphatic rings. The van der Waals surface area contributed by atoms with Crippen LogP contribution in [0.1, 0.15) is 26.3 Å². The van der Waals surface area contributed by atoms with Gasteiger partial charge in [-0.1, -0.05) is 130 Å². The van der Waals surface area contributed by atoms with Crippen LogP contribution >= 0.6 is 0 Å². The van der Waals surface area contributed by atoms with Crippen molar-refractivity contribution >= 4 is 32.8 Å². The quantitative estimate of drug-likeness (QED) is 0.203. The lowest BCUT2D eigenvalue weighted by Crippen LogP contribution is -2.11. The van der Waals surface area contributed by atoms with Crippen LogP contribution in [0.5, 0.6) is 0 Å². The second-order valence-corrected chi connectivity index (χ2v) is 14.0. The van der Waals surface area contributed by atoms with E-state index in [4.69, 9.17) is 9.97 Å². The Morgan fingerprint density at radius 1 is 0.560 bits per heavy atom. The van der Waals surface area contributed by atoms with Gasteiger partial charge in [0.25, 0.3) is 0 Å². The number of rotatable bonds is 5. The van der Waals surface area contributed by atoms with Gasteiger partial charge in [-0.15, -0.1) is 0 Å². The van der Waals surface area contributed by atoms with E-state index in [-0.39, 0.29) is 5.41 Å². The van der Waals surface area contributed by atoms with Crippen LogP contribution in [0.15, 0.2) is 158 Å². The summed E-state index contributed by atoms with van der Waals surface area (Å²) in [6.45, 7) is 6.72. The number of H-pyrrole nitrogens is 1. The van der Waals surface area contributed by atoms with Gasteiger partial charge in [-0.05, 0) is 64.6 Å². The van der Waals surface area contributed by atoms with E-state index >= 15 is 0 Å². The number of pyridine rings is 1. The number of hydrogen-bond acceptors (Lipinski definition) is 2. The first-order chi connectivity index (χ1) is 24.4. The molecule has 0 fully saturated rings. The normalized spacial score (nSPS) is 11.9. The molecular weight excluding hydrogens is 609 g/mol. The first kappa shape index (κ1) is 29.8. The topological polar surface area (TPSA) is 46.5 Å². The van der Waals surface area contributed by atoms with Crippen molar-refractivity contribution < 1.29 is 0 Å². The van der Waals surface area contributed by atoms with Crippen molar-refractivity contribution in [2.75, 3.05) is 0 Å². The summed E-state index contributed by atoms with van der Waals surface area (Å²) in [6, 6.07) is 53.9. The molecule has 9 aromatic rings. The highest BCUT2D eigenvalue weighted by atomic mass is 15.1. The van der Waals surface area contributed by atoms with E-state index in [0.717, 1.165) is 72.7 Å². The number of fused-ring (bicyclic) bond motifs is 4. The standard InChI is InChI=1S/C46H36N4/c1-46(2,3)33-26-27-47-40(29-33)32-17-11-16-31(28-32)35-20-13-25-42-44(35)49-45(38-22-12-21-37-36-19-7-9-23-39(36)48-43(37)38)50(42)41-24-10-8-18-34(41)30-14-5-4-6-15-30/h4-29,48H,1-3H3. The number of para-hydroxylation sites is 4. The van der Waals surface area contributed by atoms with Gasteiger partial charge in [-0.2, -0.15) is 0 Å². The third kappa shape index (κ3) is 5.00. The summed E-state index contributed by atoms with van der Waals surface area (Å²) in [5, 5.41) is 2.39. The second kappa shape index (κ2) is 11.7. The summed E-state index contributed by atoms with van der Waals surface area (Å²) in [6.07, 6.45) is 1.92. The molecule has 0 aliphatic heterocycles. The minimum atomic E-state index is 0.0357. The molecule has 0 atom stereocenters. The average Bonchev–Trinajstić information content (AvgIpc) is 3.74. The number of aromatic amines is 1. The van der Waals surface area contributed by atoms with Crippen LogP contribution in [-0.4, -0.2) is 19.5 Å². The Morgan fingerprint density at radius 3 is 2.12 bits per heavy atom. The zero-order chi connectivity index (χ0) is 33.8. The second-order valence-electron chi connectivity index (χ2n) is 14.0. The van der Waals surface area contributed by atoms with Crippen molar-refractivity contribution in [1.82, 2.24) is 19.5 Å². The molecule has 3 aromatic heterocycles. The van der Waals surface area contributed by atoms with Gasteiger partial charge in [0.2, 0.25) is 0 Å². The molecule has 4 nitrogen and oxygen atoms in total. The van der Waals surface area contributed by atoms with E-state index in [2.05, 4.69) is 182 Å². The number of nitrogens with zero attached hydrogens (tertiary/aromatic N) is 3. The van der Waals surface area contributed by atoms with Crippen LogP contribution in [-0.2, 0) is 5.41 Å². The van der Waals surface area contributed by atoms with E-state index in [1.807, 2.05) is 6.20 Å². The van der Waals surface area contributed by atoms with Crippen molar-refractivity contribution in [1.29, 1.82) is 0 Å². The molecule has 0 aliphatic carbocycles. The first-order valence-electron chi connectivity index (χ1n) is 17.2. The number of hydrogen-bond donors (Lipinski definition) is 1. The Morgan fingerprint density at radius 2 is 1.24 bits per heavy atom. The van der Waals surface area contributed by atoms with Crippen LogP contribution in [0.25, 0.3) is 83.4 Å². The fourth-order valence-corrected chi connectivity index (χ4v) is 7.25. The highest BCUT2D eigenvalue weighted by Crippen LogP contribution is 2.41. The predicted molar refractivity (Wildman–Crippen MR) is 209 cm³/mol. The molecule has 0 saturated carbocycles. The fraction of sp³-hybridized carbons (Fsp3) is 0.0870. The van der Waals surface area contributed by atoms with Crippen molar-refractivity contribution in [3.05, 3.63) is 163 Å². The maximum absolute atomic E-state index is 5.57. The van der Waals surface area contributed by atoms with E-state index in [9.17, 15) is 0 Å². The van der Waals surface area contributed by atoms with Crippen molar-refractivity contribution in [2.45, 2.75) is 26.2 Å². The van der Waals surface area contributed by atoms with Gasteiger partial charge in [0.1, 0.15) is 5.82 Å². The maximum Gasteiger partial charge on any atom is 0.147 e. The molecule has 0 spiro atoms. The molecule has 50 heavy (non-hydrogen) atoms. The fourth-order valence-electron chi connectivity index (χ4n) is 7.25. The van der Waals surface area contributed by atoms with E-state index in [0.29, 0.717) is 0 Å². The van der Waals surface area contributed by atoms with Gasteiger partial charge in [0.15, 0.2) is 0 Å². The highest BCUT2D eigenvalue weighted by molar-refractivity contribution is 6.12. The molecule has 4 heteroatoms. The predicted octanol–water partition coefficient (Wildman–Crippen LogP) is 12.0. The smallest absolute Gasteiger partial charge is 0.147 e. The van der Waals surface area contributed by atoms with Gasteiger partial charge in [0.05, 0.1) is 27.9 Å². The van der Waals surface area contributed by atoms with Crippen LogP contribution in [0.2, 0.25) is 0 Å². The average molecular weight is 645 g/mol. The molecule has 9 rings (SSSR count). The monoisotopic (exact) mass is 644 g/mol. The van der Waals surface area contributed by atoms with Crippen LogP contribution in [0.4, 0.5) is 0 Å². The van der Waals surface area contributed by atoms with Gasteiger partial charge in [-0.25, -0.2) is 4.98 Å². The Kier molecular flexibility index (Phi) is 6.99. The Bertz CT molecular complexity index is 2690. The zero-order valence-electron chi connectivity index (χ0n) is 28.4. The molecule has 0 saturated heterocycles. The first-order valence-corrected chi connectivity index (χ1v) is 17.2. The number of aromatic nitrogens is 4. The molecular formula is C46H36N4. The molecule has 0 bridgehead atoms. The van der Waals surface area contributed by atoms with Crippen molar-refractivity contribution in [3.63, 3.8) is 0 Å². The molecule has 3 heterocycles. The molecule has 0 amide bonds. The minimum absolute atomic E-state index is 0.0357. The molecule has 6 aromatic carbocycles. The number of imidazole rings is 1. The van der Waals surface area contributed by atoms with Crippen molar-refractivity contribution in [3.8, 4) is 50.6 Å². The van der Waals surface area contributed by atoms with Gasteiger partial charge in [0, 0.05) is 44.7 Å². The Labute approximate surface area is 291 Å². The van der Waals surface area contributed by atoms with E-state index < -0.39 is 0 Å². The van der Waals surface area contributed by atoms with Gasteiger partial charge in [-0.3, -0.25) is 9.55 Å². The summed E-state index contributed by atoms with van der Waals surface area (Å²) in [7, 11) is 0. The number of nitrogens with one attached hydrogen (secondary N) is 1. The van der Waals surface area contributed by atoms with E-state index in [1.54, 1.807) is 0 Å². The van der Waals surface area contributed by atoms with Crippen LogP contribution in [0, 0.1) is 0 Å². The summed E-state index contributed by atoms with van der Waals surface area (Å²) < 4.78 is 2.35. The largest absolute Gasteiger partial charge is 0.354 e. The highest BCUT2D eigenvalue weighted by Gasteiger charge is 2.22. The Hall–Kier alpha value is -6.26. The lowest BCUT2D eigenvalue weighted by molar-refractivity contribution is 0.589. The third-order valence-electron chi connectivity index (χ3n) is 9.79. The SMILES string of the molecule is CC(C)(C)c1ccnc(-c2cccc(-c3cccc4c3nc(-c3cccc5c3[nH]c3ccccc35)n4-c3ccccc3-c3ccccc3)c2)c1. The molecule has 240 valence electrons. The summed E-state index contributed by atoms with van der Waals surface area (Å²) in [4.78, 5) is 14.1. The van der Waals surface area contributed by atoms with Crippen LogP contribution < -0.4 is 0 Å². The zero-order valence-corrected chi connectivity index (χ0v) is 28.4. The molecule has 0 unspecified atom stereocenters.